The highest BCUT2D eigenvalue weighted by atomic mass is 19.4. The first-order chi connectivity index (χ1) is 12.9. The summed E-state index contributed by atoms with van der Waals surface area (Å²) < 4.78 is 77.1. The van der Waals surface area contributed by atoms with E-state index in [4.69, 9.17) is 5.73 Å². The fourth-order valence-electron chi connectivity index (χ4n) is 4.17. The second-order valence-corrected chi connectivity index (χ2v) is 7.70. The van der Waals surface area contributed by atoms with E-state index in [1.165, 1.54) is 4.90 Å². The average Bonchev–Trinajstić information content (AvgIpc) is 2.99. The van der Waals surface area contributed by atoms with Gasteiger partial charge in [-0.2, -0.15) is 26.3 Å². The first-order valence-corrected chi connectivity index (χ1v) is 9.06. The summed E-state index contributed by atoms with van der Waals surface area (Å²) in [4.78, 5) is 18.3. The Kier molecular flexibility index (Phi) is 5.37. The fourth-order valence-corrected chi connectivity index (χ4v) is 4.17. The molecule has 0 saturated heterocycles. The molecular weight excluding hydrogens is 388 g/mol. The van der Waals surface area contributed by atoms with Crippen molar-refractivity contribution in [2.24, 2.45) is 11.1 Å². The molecule has 2 atom stereocenters. The lowest BCUT2D eigenvalue weighted by molar-refractivity contribution is -0.153. The largest absolute Gasteiger partial charge is 0.417 e. The molecule has 1 aliphatic carbocycles. The molecule has 1 aromatic rings. The van der Waals surface area contributed by atoms with Gasteiger partial charge in [-0.1, -0.05) is 0 Å². The van der Waals surface area contributed by atoms with Crippen molar-refractivity contribution >= 4 is 5.91 Å². The van der Waals surface area contributed by atoms with Crippen molar-refractivity contribution in [3.63, 3.8) is 0 Å². The molecule has 0 bridgehead atoms. The van der Waals surface area contributed by atoms with E-state index in [0.717, 1.165) is 12.3 Å². The summed E-state index contributed by atoms with van der Waals surface area (Å²) in [6.07, 6.45) is -8.49. The van der Waals surface area contributed by atoms with Gasteiger partial charge in [0.15, 0.2) is 0 Å². The number of alkyl halides is 6. The van der Waals surface area contributed by atoms with E-state index in [1.807, 2.05) is 0 Å². The number of nitrogens with two attached hydrogens (primary N) is 1. The number of aromatic nitrogens is 1. The van der Waals surface area contributed by atoms with E-state index in [0.29, 0.717) is 12.1 Å². The summed E-state index contributed by atoms with van der Waals surface area (Å²) in [6.45, 7) is 0.126. The maximum absolute atomic E-state index is 13.1. The number of fused-ring (bicyclic) bond motifs is 1. The van der Waals surface area contributed by atoms with Gasteiger partial charge < -0.3 is 10.6 Å². The van der Waals surface area contributed by atoms with Crippen LogP contribution in [0.25, 0.3) is 0 Å². The Labute approximate surface area is 158 Å². The van der Waals surface area contributed by atoms with Crippen molar-refractivity contribution in [3.05, 3.63) is 29.1 Å². The number of halogens is 6. The molecule has 10 heteroatoms. The number of hydrogen-bond acceptors (Lipinski definition) is 3. The summed E-state index contributed by atoms with van der Waals surface area (Å²) in [5, 5.41) is 0. The molecule has 2 N–H and O–H groups in total. The zero-order chi connectivity index (χ0) is 20.7. The first kappa shape index (κ1) is 20.9. The number of nitrogens with zero attached hydrogens (tertiary/aromatic N) is 2. The highest BCUT2D eigenvalue weighted by molar-refractivity contribution is 5.83. The highest BCUT2D eigenvalue weighted by Crippen LogP contribution is 2.45. The topological polar surface area (TPSA) is 59.2 Å². The van der Waals surface area contributed by atoms with Gasteiger partial charge in [-0.25, -0.2) is 0 Å². The standard InChI is InChI=1S/C18H21F6N3O/c19-17(20,21)5-4-16(3-1-13(25)8-16)15(28)27-6-2-14-11(10-27)7-12(9-26-14)18(22,23)24/h7,9,13H,1-6,8,10,25H2/t13-,16-/m1/s1. The van der Waals surface area contributed by atoms with Gasteiger partial charge in [-0.05, 0) is 37.3 Å². The molecule has 0 radical (unpaired) electrons. The molecule has 1 aromatic heterocycles. The van der Waals surface area contributed by atoms with Crippen molar-refractivity contribution in [2.75, 3.05) is 6.54 Å². The summed E-state index contributed by atoms with van der Waals surface area (Å²) in [6, 6.07) is 0.609. The normalized spacial score (nSPS) is 25.7. The van der Waals surface area contributed by atoms with Crippen LogP contribution >= 0.6 is 0 Å². The van der Waals surface area contributed by atoms with E-state index in [9.17, 15) is 31.1 Å². The van der Waals surface area contributed by atoms with Crippen LogP contribution in [0.2, 0.25) is 0 Å². The zero-order valence-corrected chi connectivity index (χ0v) is 15.0. The monoisotopic (exact) mass is 409 g/mol. The maximum Gasteiger partial charge on any atom is 0.417 e. The lowest BCUT2D eigenvalue weighted by Gasteiger charge is -2.37. The Morgan fingerprint density at radius 3 is 2.57 bits per heavy atom. The van der Waals surface area contributed by atoms with Crippen LogP contribution in [-0.4, -0.2) is 34.6 Å². The molecule has 1 aliphatic heterocycles. The number of carbonyl (C=O) groups is 1. The van der Waals surface area contributed by atoms with Crippen LogP contribution in [0.3, 0.4) is 0 Å². The predicted octanol–water partition coefficient (Wildman–Crippen LogP) is 3.83. The van der Waals surface area contributed by atoms with Gasteiger partial charge in [-0.3, -0.25) is 9.78 Å². The number of rotatable bonds is 3. The SMILES string of the molecule is N[C@@H]1CC[C@](CCC(F)(F)F)(C(=O)N2CCc3ncc(C(F)(F)F)cc3C2)C1. The molecule has 1 amide bonds. The van der Waals surface area contributed by atoms with Crippen LogP contribution in [0, 0.1) is 5.41 Å². The van der Waals surface area contributed by atoms with Crippen molar-refractivity contribution in [2.45, 2.75) is 63.5 Å². The Balaban J connectivity index is 1.81. The van der Waals surface area contributed by atoms with Gasteiger partial charge in [0.1, 0.15) is 0 Å². The Morgan fingerprint density at radius 2 is 2.00 bits per heavy atom. The molecule has 1 saturated carbocycles. The minimum absolute atomic E-state index is 0.0892. The Hall–Kier alpha value is -1.84. The van der Waals surface area contributed by atoms with E-state index in [2.05, 4.69) is 4.98 Å². The molecule has 0 unspecified atom stereocenters. The van der Waals surface area contributed by atoms with Crippen molar-refractivity contribution in [1.29, 1.82) is 0 Å². The zero-order valence-electron chi connectivity index (χ0n) is 15.0. The van der Waals surface area contributed by atoms with Crippen LogP contribution < -0.4 is 5.73 Å². The highest BCUT2D eigenvalue weighted by Gasteiger charge is 2.48. The molecule has 2 heterocycles. The van der Waals surface area contributed by atoms with Crippen LogP contribution in [0.5, 0.6) is 0 Å². The smallest absolute Gasteiger partial charge is 0.337 e. The number of carbonyl (C=O) groups excluding carboxylic acids is 1. The molecule has 0 spiro atoms. The number of hydrogen-bond donors (Lipinski definition) is 1. The minimum atomic E-state index is -4.56. The summed E-state index contributed by atoms with van der Waals surface area (Å²) >= 11 is 0. The van der Waals surface area contributed by atoms with Crippen LogP contribution in [0.15, 0.2) is 12.3 Å². The van der Waals surface area contributed by atoms with Crippen LogP contribution in [0.1, 0.15) is 48.9 Å². The minimum Gasteiger partial charge on any atom is -0.337 e. The molecule has 3 rings (SSSR count). The second kappa shape index (κ2) is 7.20. The predicted molar refractivity (Wildman–Crippen MR) is 87.9 cm³/mol. The second-order valence-electron chi connectivity index (χ2n) is 7.70. The maximum atomic E-state index is 13.1. The third kappa shape index (κ3) is 4.42. The lowest BCUT2D eigenvalue weighted by Crippen LogP contribution is -2.46. The van der Waals surface area contributed by atoms with E-state index >= 15 is 0 Å². The van der Waals surface area contributed by atoms with Gasteiger partial charge >= 0.3 is 12.4 Å². The summed E-state index contributed by atoms with van der Waals surface area (Å²) in [5.74, 6) is -0.451. The molecule has 156 valence electrons. The summed E-state index contributed by atoms with van der Waals surface area (Å²) in [7, 11) is 0. The lowest BCUT2D eigenvalue weighted by atomic mass is 9.79. The van der Waals surface area contributed by atoms with Gasteiger partial charge in [0.05, 0.1) is 11.0 Å². The van der Waals surface area contributed by atoms with Crippen molar-refractivity contribution < 1.29 is 31.1 Å². The third-order valence-electron chi connectivity index (χ3n) is 5.64. The molecule has 4 nitrogen and oxygen atoms in total. The summed E-state index contributed by atoms with van der Waals surface area (Å²) in [5.41, 5.74) is 4.52. The van der Waals surface area contributed by atoms with Crippen LogP contribution in [-0.2, 0) is 23.9 Å². The molecule has 1 fully saturated rings. The molecule has 2 aliphatic rings. The number of amides is 1. The first-order valence-electron chi connectivity index (χ1n) is 9.06. The average molecular weight is 409 g/mol. The fraction of sp³-hybridized carbons (Fsp3) is 0.667. The number of pyridine rings is 1. The quantitative estimate of drug-likeness (QED) is 0.772. The van der Waals surface area contributed by atoms with Crippen molar-refractivity contribution in [1.82, 2.24) is 9.88 Å². The van der Waals surface area contributed by atoms with E-state index < -0.39 is 35.7 Å². The van der Waals surface area contributed by atoms with Crippen LogP contribution in [0.4, 0.5) is 26.3 Å². The Morgan fingerprint density at radius 1 is 1.29 bits per heavy atom. The van der Waals surface area contributed by atoms with E-state index in [-0.39, 0.29) is 50.4 Å². The molecule has 28 heavy (non-hydrogen) atoms. The van der Waals surface area contributed by atoms with Gasteiger partial charge in [0, 0.05) is 43.9 Å². The van der Waals surface area contributed by atoms with Crippen molar-refractivity contribution in [3.8, 4) is 0 Å². The Bertz CT molecular complexity index is 748. The third-order valence-corrected chi connectivity index (χ3v) is 5.64. The van der Waals surface area contributed by atoms with Gasteiger partial charge in [-0.15, -0.1) is 0 Å². The van der Waals surface area contributed by atoms with Gasteiger partial charge in [0.25, 0.3) is 0 Å². The van der Waals surface area contributed by atoms with Gasteiger partial charge in [0.2, 0.25) is 5.91 Å². The van der Waals surface area contributed by atoms with E-state index in [1.54, 1.807) is 0 Å². The molecule has 0 aromatic carbocycles. The molecular formula is C18H21F6N3O.